The van der Waals surface area contributed by atoms with Gasteiger partial charge in [0.1, 0.15) is 5.82 Å². The molecule has 1 aliphatic rings. The average molecular weight is 289 g/mol. The first-order chi connectivity index (χ1) is 10.2. The molecule has 0 atom stereocenters. The highest BCUT2D eigenvalue weighted by Crippen LogP contribution is 2.25. The zero-order valence-corrected chi connectivity index (χ0v) is 14.0. The Labute approximate surface area is 130 Å². The van der Waals surface area contributed by atoms with Crippen molar-refractivity contribution in [2.24, 2.45) is 5.92 Å². The van der Waals surface area contributed by atoms with Crippen molar-refractivity contribution in [3.05, 3.63) is 23.4 Å². The van der Waals surface area contributed by atoms with E-state index in [4.69, 9.17) is 4.98 Å². The second kappa shape index (κ2) is 8.38. The van der Waals surface area contributed by atoms with Gasteiger partial charge in [0.25, 0.3) is 0 Å². The SMILES string of the molecule is CCCNCc1cc(C)nc(N(C)CC2CCCCC2)c1. The first-order valence-corrected chi connectivity index (χ1v) is 8.58. The van der Waals surface area contributed by atoms with E-state index in [0.717, 1.165) is 37.1 Å². The summed E-state index contributed by atoms with van der Waals surface area (Å²) in [6.45, 7) is 7.48. The van der Waals surface area contributed by atoms with Gasteiger partial charge in [-0.3, -0.25) is 0 Å². The van der Waals surface area contributed by atoms with E-state index < -0.39 is 0 Å². The summed E-state index contributed by atoms with van der Waals surface area (Å²) in [6, 6.07) is 4.44. The van der Waals surface area contributed by atoms with E-state index in [1.54, 1.807) is 0 Å². The Morgan fingerprint density at radius 3 is 2.71 bits per heavy atom. The minimum absolute atomic E-state index is 0.854. The molecule has 0 radical (unpaired) electrons. The van der Waals surface area contributed by atoms with E-state index in [9.17, 15) is 0 Å². The molecule has 1 aromatic rings. The fourth-order valence-corrected chi connectivity index (χ4v) is 3.28. The molecule has 1 fully saturated rings. The molecule has 21 heavy (non-hydrogen) atoms. The quantitative estimate of drug-likeness (QED) is 0.771. The van der Waals surface area contributed by atoms with Crippen molar-refractivity contribution in [3.8, 4) is 0 Å². The van der Waals surface area contributed by atoms with Crippen molar-refractivity contribution in [3.63, 3.8) is 0 Å². The van der Waals surface area contributed by atoms with Crippen LogP contribution in [0.3, 0.4) is 0 Å². The maximum Gasteiger partial charge on any atom is 0.128 e. The van der Waals surface area contributed by atoms with Crippen LogP contribution in [0.2, 0.25) is 0 Å². The Hall–Kier alpha value is -1.09. The standard InChI is InChI=1S/C18H31N3/c1-4-10-19-13-17-11-15(2)20-18(12-17)21(3)14-16-8-6-5-7-9-16/h11-12,16,19H,4-10,13-14H2,1-3H3. The average Bonchev–Trinajstić information content (AvgIpc) is 2.48. The molecule has 1 aliphatic carbocycles. The maximum absolute atomic E-state index is 4.73. The largest absolute Gasteiger partial charge is 0.359 e. The molecule has 118 valence electrons. The molecule has 1 aromatic heterocycles. The number of hydrogen-bond acceptors (Lipinski definition) is 3. The molecular weight excluding hydrogens is 258 g/mol. The number of hydrogen-bond donors (Lipinski definition) is 1. The van der Waals surface area contributed by atoms with E-state index >= 15 is 0 Å². The van der Waals surface area contributed by atoms with Gasteiger partial charge in [0, 0.05) is 25.8 Å². The fourth-order valence-electron chi connectivity index (χ4n) is 3.28. The van der Waals surface area contributed by atoms with Crippen LogP contribution in [0.25, 0.3) is 0 Å². The highest BCUT2D eigenvalue weighted by Gasteiger charge is 2.16. The lowest BCUT2D eigenvalue weighted by molar-refractivity contribution is 0.361. The van der Waals surface area contributed by atoms with Gasteiger partial charge in [-0.1, -0.05) is 26.2 Å². The second-order valence-electron chi connectivity index (χ2n) is 6.54. The summed E-state index contributed by atoms with van der Waals surface area (Å²) in [5.41, 5.74) is 2.47. The summed E-state index contributed by atoms with van der Waals surface area (Å²) in [6.07, 6.45) is 8.20. The summed E-state index contributed by atoms with van der Waals surface area (Å²) < 4.78 is 0. The van der Waals surface area contributed by atoms with Gasteiger partial charge in [-0.05, 0) is 56.3 Å². The molecule has 0 aromatic carbocycles. The van der Waals surface area contributed by atoms with Crippen LogP contribution < -0.4 is 10.2 Å². The Kier molecular flexibility index (Phi) is 6.50. The molecule has 3 heteroatoms. The number of rotatable bonds is 7. The topological polar surface area (TPSA) is 28.2 Å². The fraction of sp³-hybridized carbons (Fsp3) is 0.722. The number of nitrogens with zero attached hydrogens (tertiary/aromatic N) is 2. The van der Waals surface area contributed by atoms with E-state index in [2.05, 4.69) is 43.2 Å². The number of nitrogens with one attached hydrogen (secondary N) is 1. The zero-order chi connectivity index (χ0) is 15.1. The second-order valence-corrected chi connectivity index (χ2v) is 6.54. The lowest BCUT2D eigenvalue weighted by atomic mass is 9.89. The smallest absolute Gasteiger partial charge is 0.128 e. The summed E-state index contributed by atoms with van der Waals surface area (Å²) >= 11 is 0. The van der Waals surface area contributed by atoms with Gasteiger partial charge in [0.05, 0.1) is 0 Å². The summed E-state index contributed by atoms with van der Waals surface area (Å²) in [5.74, 6) is 1.99. The summed E-state index contributed by atoms with van der Waals surface area (Å²) in [7, 11) is 2.19. The van der Waals surface area contributed by atoms with Crippen molar-refractivity contribution in [1.29, 1.82) is 0 Å². The Bertz CT molecular complexity index is 424. The normalized spacial score (nSPS) is 16.1. The van der Waals surface area contributed by atoms with Crippen LogP contribution in [0.4, 0.5) is 5.82 Å². The summed E-state index contributed by atoms with van der Waals surface area (Å²) in [5, 5.41) is 3.48. The Balaban J connectivity index is 1.96. The molecular formula is C18H31N3. The molecule has 1 N–H and O–H groups in total. The summed E-state index contributed by atoms with van der Waals surface area (Å²) in [4.78, 5) is 7.08. The third-order valence-electron chi connectivity index (χ3n) is 4.40. The van der Waals surface area contributed by atoms with E-state index in [1.165, 1.54) is 44.1 Å². The maximum atomic E-state index is 4.73. The van der Waals surface area contributed by atoms with Crippen molar-refractivity contribution in [1.82, 2.24) is 10.3 Å². The van der Waals surface area contributed by atoms with E-state index in [-0.39, 0.29) is 0 Å². The molecule has 0 aliphatic heterocycles. The van der Waals surface area contributed by atoms with Gasteiger partial charge in [0.2, 0.25) is 0 Å². The molecule has 1 heterocycles. The highest BCUT2D eigenvalue weighted by atomic mass is 15.2. The predicted molar refractivity (Wildman–Crippen MR) is 90.8 cm³/mol. The number of aromatic nitrogens is 1. The van der Waals surface area contributed by atoms with Gasteiger partial charge in [-0.15, -0.1) is 0 Å². The van der Waals surface area contributed by atoms with Crippen LogP contribution in [-0.4, -0.2) is 25.1 Å². The molecule has 0 unspecified atom stereocenters. The van der Waals surface area contributed by atoms with Gasteiger partial charge in [-0.2, -0.15) is 0 Å². The van der Waals surface area contributed by atoms with E-state index in [1.807, 2.05) is 0 Å². The number of aryl methyl sites for hydroxylation is 1. The van der Waals surface area contributed by atoms with Gasteiger partial charge in [-0.25, -0.2) is 4.98 Å². The third kappa shape index (κ3) is 5.31. The molecule has 0 bridgehead atoms. The van der Waals surface area contributed by atoms with Crippen LogP contribution in [0.15, 0.2) is 12.1 Å². The van der Waals surface area contributed by atoms with Crippen molar-refractivity contribution < 1.29 is 0 Å². The first kappa shape index (κ1) is 16.3. The van der Waals surface area contributed by atoms with Gasteiger partial charge < -0.3 is 10.2 Å². The van der Waals surface area contributed by atoms with Crippen LogP contribution in [0.1, 0.15) is 56.7 Å². The Morgan fingerprint density at radius 1 is 1.24 bits per heavy atom. The predicted octanol–water partition coefficient (Wildman–Crippen LogP) is 3.91. The van der Waals surface area contributed by atoms with Gasteiger partial charge in [0.15, 0.2) is 0 Å². The van der Waals surface area contributed by atoms with Crippen LogP contribution >= 0.6 is 0 Å². The molecule has 2 rings (SSSR count). The lowest BCUT2D eigenvalue weighted by Crippen LogP contribution is -2.28. The minimum atomic E-state index is 0.854. The Morgan fingerprint density at radius 2 is 2.00 bits per heavy atom. The van der Waals surface area contributed by atoms with E-state index in [0.29, 0.717) is 0 Å². The number of pyridine rings is 1. The molecule has 0 amide bonds. The van der Waals surface area contributed by atoms with Crippen LogP contribution in [-0.2, 0) is 6.54 Å². The zero-order valence-electron chi connectivity index (χ0n) is 14.0. The van der Waals surface area contributed by atoms with Crippen molar-refractivity contribution >= 4 is 5.82 Å². The minimum Gasteiger partial charge on any atom is -0.359 e. The molecule has 0 spiro atoms. The monoisotopic (exact) mass is 289 g/mol. The van der Waals surface area contributed by atoms with Crippen LogP contribution in [0, 0.1) is 12.8 Å². The van der Waals surface area contributed by atoms with Crippen molar-refractivity contribution in [2.45, 2.75) is 58.9 Å². The number of anilines is 1. The highest BCUT2D eigenvalue weighted by molar-refractivity contribution is 5.42. The molecule has 3 nitrogen and oxygen atoms in total. The lowest BCUT2D eigenvalue weighted by Gasteiger charge is -2.28. The first-order valence-electron chi connectivity index (χ1n) is 8.58. The molecule has 1 saturated carbocycles. The van der Waals surface area contributed by atoms with Crippen molar-refractivity contribution in [2.75, 3.05) is 25.0 Å². The van der Waals surface area contributed by atoms with Gasteiger partial charge >= 0.3 is 0 Å². The third-order valence-corrected chi connectivity index (χ3v) is 4.40. The molecule has 0 saturated heterocycles. The van der Waals surface area contributed by atoms with Crippen LogP contribution in [0.5, 0.6) is 0 Å².